The molecule has 0 aliphatic carbocycles. The molecule has 3 rings (SSSR count). The van der Waals surface area contributed by atoms with Crippen LogP contribution in [-0.4, -0.2) is 57.0 Å². The third kappa shape index (κ3) is 5.72. The zero-order valence-electron chi connectivity index (χ0n) is 18.6. The average Bonchev–Trinajstić information content (AvgIpc) is 3.22. The molecule has 168 valence electrons. The summed E-state index contributed by atoms with van der Waals surface area (Å²) in [6, 6.07) is 7.80. The second kappa shape index (κ2) is 10.1. The summed E-state index contributed by atoms with van der Waals surface area (Å²) in [5.41, 5.74) is 1.06. The molecule has 7 nitrogen and oxygen atoms in total. The van der Waals surface area contributed by atoms with Crippen LogP contribution in [0.1, 0.15) is 39.7 Å². The van der Waals surface area contributed by atoms with E-state index in [1.54, 1.807) is 14.0 Å². The lowest BCUT2D eigenvalue weighted by Gasteiger charge is -2.24. The van der Waals surface area contributed by atoms with E-state index in [1.165, 1.54) is 0 Å². The lowest BCUT2D eigenvalue weighted by molar-refractivity contribution is -0.161. The topological polar surface area (TPSA) is 72.5 Å². The first kappa shape index (κ1) is 23.0. The van der Waals surface area contributed by atoms with Crippen LogP contribution < -0.4 is 4.74 Å². The minimum atomic E-state index is -0.618. The van der Waals surface area contributed by atoms with E-state index < -0.39 is 5.79 Å². The summed E-state index contributed by atoms with van der Waals surface area (Å²) in [4.78, 5) is 12.1. The Balaban J connectivity index is 1.62. The standard InChI is InChI=1S/C23H34O7/c1-6-27-21(24)11-19-18(13-26-12-16-7-9-17(25-5)10-8-16)15(2)22(29-19)20-14-28-23(3,4)30-20/h7-10,15,18-20,22H,6,11-14H2,1-5H3/t15-,18-,19+,20?,22?/m1/s1. The van der Waals surface area contributed by atoms with Gasteiger partial charge in [-0.3, -0.25) is 4.79 Å². The molecule has 2 aliphatic heterocycles. The molecule has 30 heavy (non-hydrogen) atoms. The summed E-state index contributed by atoms with van der Waals surface area (Å²) in [5.74, 6) is 0.163. The fraction of sp³-hybridized carbons (Fsp3) is 0.696. The van der Waals surface area contributed by atoms with Gasteiger partial charge in [-0.1, -0.05) is 19.1 Å². The molecule has 5 atom stereocenters. The van der Waals surface area contributed by atoms with Crippen LogP contribution in [0.25, 0.3) is 0 Å². The first-order valence-electron chi connectivity index (χ1n) is 10.7. The normalized spacial score (nSPS) is 30.4. The van der Waals surface area contributed by atoms with Gasteiger partial charge in [-0.2, -0.15) is 0 Å². The summed E-state index contributed by atoms with van der Waals surface area (Å²) in [7, 11) is 1.65. The number of esters is 1. The highest BCUT2D eigenvalue weighted by Gasteiger charge is 2.49. The van der Waals surface area contributed by atoms with Crippen molar-refractivity contribution in [3.63, 3.8) is 0 Å². The van der Waals surface area contributed by atoms with E-state index >= 15 is 0 Å². The average molecular weight is 423 g/mol. The van der Waals surface area contributed by atoms with Crippen molar-refractivity contribution in [3.8, 4) is 5.75 Å². The molecule has 7 heteroatoms. The van der Waals surface area contributed by atoms with Crippen LogP contribution in [0.5, 0.6) is 5.75 Å². The number of benzene rings is 1. The van der Waals surface area contributed by atoms with Crippen molar-refractivity contribution in [2.24, 2.45) is 11.8 Å². The minimum Gasteiger partial charge on any atom is -0.497 e. The van der Waals surface area contributed by atoms with E-state index in [9.17, 15) is 4.79 Å². The Morgan fingerprint density at radius 1 is 1.23 bits per heavy atom. The summed E-state index contributed by atoms with van der Waals surface area (Å²) in [6.45, 7) is 9.55. The Bertz CT molecular complexity index is 687. The molecule has 0 amide bonds. The molecule has 0 saturated carbocycles. The fourth-order valence-corrected chi connectivity index (χ4v) is 4.19. The molecule has 0 spiro atoms. The van der Waals surface area contributed by atoms with E-state index in [-0.39, 0.29) is 42.5 Å². The van der Waals surface area contributed by atoms with E-state index in [4.69, 9.17) is 28.4 Å². The Morgan fingerprint density at radius 2 is 1.97 bits per heavy atom. The number of ether oxygens (including phenoxy) is 6. The van der Waals surface area contributed by atoms with Crippen LogP contribution >= 0.6 is 0 Å². The van der Waals surface area contributed by atoms with Crippen molar-refractivity contribution < 1.29 is 33.2 Å². The maximum absolute atomic E-state index is 12.1. The fourth-order valence-electron chi connectivity index (χ4n) is 4.19. The molecular weight excluding hydrogens is 388 g/mol. The van der Waals surface area contributed by atoms with Crippen molar-refractivity contribution in [2.45, 2.75) is 64.8 Å². The smallest absolute Gasteiger partial charge is 0.308 e. The highest BCUT2D eigenvalue weighted by Crippen LogP contribution is 2.40. The first-order valence-corrected chi connectivity index (χ1v) is 10.7. The lowest BCUT2D eigenvalue weighted by atomic mass is 9.86. The molecule has 0 N–H and O–H groups in total. The minimum absolute atomic E-state index is 0.0602. The number of hydrogen-bond acceptors (Lipinski definition) is 7. The van der Waals surface area contributed by atoms with Gasteiger partial charge in [-0.15, -0.1) is 0 Å². The highest BCUT2D eigenvalue weighted by molar-refractivity contribution is 5.70. The summed E-state index contributed by atoms with van der Waals surface area (Å²) in [5, 5.41) is 0. The van der Waals surface area contributed by atoms with Gasteiger partial charge in [0, 0.05) is 5.92 Å². The molecule has 2 saturated heterocycles. The Kier molecular flexibility index (Phi) is 7.74. The number of methoxy groups -OCH3 is 1. The monoisotopic (exact) mass is 422 g/mol. The Labute approximate surface area is 178 Å². The predicted molar refractivity (Wildman–Crippen MR) is 110 cm³/mol. The van der Waals surface area contributed by atoms with Crippen molar-refractivity contribution in [2.75, 3.05) is 26.9 Å². The van der Waals surface area contributed by atoms with Crippen LogP contribution in [0.4, 0.5) is 0 Å². The number of carbonyl (C=O) groups is 1. The molecule has 1 aromatic rings. The van der Waals surface area contributed by atoms with E-state index in [0.717, 1.165) is 11.3 Å². The van der Waals surface area contributed by atoms with Gasteiger partial charge in [0.25, 0.3) is 0 Å². The van der Waals surface area contributed by atoms with Gasteiger partial charge in [-0.05, 0) is 44.4 Å². The molecule has 2 unspecified atom stereocenters. The Morgan fingerprint density at radius 3 is 2.57 bits per heavy atom. The van der Waals surface area contributed by atoms with Crippen LogP contribution in [0.3, 0.4) is 0 Å². The van der Waals surface area contributed by atoms with Crippen molar-refractivity contribution >= 4 is 5.97 Å². The summed E-state index contributed by atoms with van der Waals surface area (Å²) < 4.78 is 34.4. The maximum Gasteiger partial charge on any atom is 0.308 e. The molecule has 1 aromatic carbocycles. The number of rotatable bonds is 9. The summed E-state index contributed by atoms with van der Waals surface area (Å²) >= 11 is 0. The third-order valence-electron chi connectivity index (χ3n) is 5.81. The number of hydrogen-bond donors (Lipinski definition) is 0. The van der Waals surface area contributed by atoms with Gasteiger partial charge >= 0.3 is 5.97 Å². The molecule has 2 aliphatic rings. The van der Waals surface area contributed by atoms with Crippen LogP contribution in [0.15, 0.2) is 24.3 Å². The zero-order chi connectivity index (χ0) is 21.7. The van der Waals surface area contributed by atoms with Crippen LogP contribution in [0.2, 0.25) is 0 Å². The molecule has 2 fully saturated rings. The summed E-state index contributed by atoms with van der Waals surface area (Å²) in [6.07, 6.45) is -0.373. The lowest BCUT2D eigenvalue weighted by Crippen LogP contribution is -2.35. The SMILES string of the molecule is CCOC(=O)C[C@@H]1OC(C2COC(C)(C)O2)[C@H](C)[C@H]1COCc1ccc(OC)cc1. The molecular formula is C23H34O7. The largest absolute Gasteiger partial charge is 0.497 e. The third-order valence-corrected chi connectivity index (χ3v) is 5.81. The van der Waals surface area contributed by atoms with Crippen molar-refractivity contribution in [3.05, 3.63) is 29.8 Å². The quantitative estimate of drug-likeness (QED) is 0.565. The number of carbonyl (C=O) groups excluding carboxylic acids is 1. The van der Waals surface area contributed by atoms with E-state index in [1.807, 2.05) is 38.1 Å². The maximum atomic E-state index is 12.1. The van der Waals surface area contributed by atoms with Gasteiger partial charge in [-0.25, -0.2) is 0 Å². The second-order valence-electron chi connectivity index (χ2n) is 8.40. The zero-order valence-corrected chi connectivity index (χ0v) is 18.6. The van der Waals surface area contributed by atoms with Crippen molar-refractivity contribution in [1.29, 1.82) is 0 Å². The highest BCUT2D eigenvalue weighted by atomic mass is 16.7. The molecule has 0 aromatic heterocycles. The second-order valence-corrected chi connectivity index (χ2v) is 8.40. The van der Waals surface area contributed by atoms with Gasteiger partial charge in [0.15, 0.2) is 5.79 Å². The van der Waals surface area contributed by atoms with Gasteiger partial charge in [0.1, 0.15) is 11.9 Å². The van der Waals surface area contributed by atoms with E-state index in [2.05, 4.69) is 6.92 Å². The predicted octanol–water partition coefficient (Wildman–Crippen LogP) is 3.34. The molecule has 0 bridgehead atoms. The molecule has 0 radical (unpaired) electrons. The van der Waals surface area contributed by atoms with Gasteiger partial charge < -0.3 is 28.4 Å². The van der Waals surface area contributed by atoms with Gasteiger partial charge in [0.2, 0.25) is 0 Å². The van der Waals surface area contributed by atoms with Crippen molar-refractivity contribution in [1.82, 2.24) is 0 Å². The first-order chi connectivity index (χ1) is 14.3. The Hall–Kier alpha value is -1.67. The van der Waals surface area contributed by atoms with Crippen LogP contribution in [0, 0.1) is 11.8 Å². The van der Waals surface area contributed by atoms with E-state index in [0.29, 0.717) is 26.4 Å². The van der Waals surface area contributed by atoms with Crippen LogP contribution in [-0.2, 0) is 35.1 Å². The van der Waals surface area contributed by atoms with Gasteiger partial charge in [0.05, 0.1) is 52.2 Å². The molecule has 2 heterocycles.